The van der Waals surface area contributed by atoms with Crippen LogP contribution in [0.3, 0.4) is 0 Å². The summed E-state index contributed by atoms with van der Waals surface area (Å²) in [6.45, 7) is 0. The van der Waals surface area contributed by atoms with Crippen LogP contribution in [-0.4, -0.2) is 6.04 Å². The summed E-state index contributed by atoms with van der Waals surface area (Å²) in [5.74, 6) is 0. The van der Waals surface area contributed by atoms with Gasteiger partial charge in [0.1, 0.15) is 0 Å². The molecule has 79 valence electrons. The number of anilines is 1. The molecule has 1 nitrogen and oxygen atoms in total. The van der Waals surface area contributed by atoms with E-state index in [2.05, 4.69) is 47.8 Å². The molecule has 1 aliphatic rings. The second kappa shape index (κ2) is 4.01. The lowest BCUT2D eigenvalue weighted by Gasteiger charge is -2.10. The molecule has 1 aliphatic heterocycles. The minimum atomic E-state index is 0.535. The van der Waals surface area contributed by atoms with Crippen molar-refractivity contribution in [1.82, 2.24) is 0 Å². The fraction of sp³-hybridized carbons (Fsp3) is 0.200. The van der Waals surface area contributed by atoms with Crippen LogP contribution in [0.1, 0.15) is 11.1 Å². The molecule has 0 saturated carbocycles. The van der Waals surface area contributed by atoms with E-state index in [1.807, 2.05) is 12.1 Å². The Balaban J connectivity index is 1.73. The number of benzene rings is 2. The third kappa shape index (κ3) is 1.81. The normalized spacial score (nSPS) is 17.9. The molecule has 16 heavy (non-hydrogen) atoms. The fourth-order valence-electron chi connectivity index (χ4n) is 2.33. The highest BCUT2D eigenvalue weighted by Crippen LogP contribution is 2.26. The van der Waals surface area contributed by atoms with Crippen molar-refractivity contribution in [3.05, 3.63) is 65.7 Å². The average molecular weight is 208 g/mol. The summed E-state index contributed by atoms with van der Waals surface area (Å²) in [4.78, 5) is 0. The Bertz CT molecular complexity index is 451. The summed E-state index contributed by atoms with van der Waals surface area (Å²) in [5.41, 5.74) is 4.07. The van der Waals surface area contributed by atoms with Crippen LogP contribution in [0.4, 0.5) is 5.69 Å². The van der Waals surface area contributed by atoms with Gasteiger partial charge in [-0.3, -0.25) is 0 Å². The van der Waals surface area contributed by atoms with Crippen LogP contribution in [0.25, 0.3) is 0 Å². The Morgan fingerprint density at radius 1 is 1.19 bits per heavy atom. The van der Waals surface area contributed by atoms with Gasteiger partial charge in [-0.2, -0.15) is 0 Å². The van der Waals surface area contributed by atoms with Gasteiger partial charge in [0.25, 0.3) is 0 Å². The van der Waals surface area contributed by atoms with E-state index in [-0.39, 0.29) is 0 Å². The molecular weight excluding hydrogens is 194 g/mol. The van der Waals surface area contributed by atoms with Crippen LogP contribution < -0.4 is 5.32 Å². The number of hydrogen-bond acceptors (Lipinski definition) is 1. The van der Waals surface area contributed by atoms with Crippen molar-refractivity contribution in [3.8, 4) is 0 Å². The van der Waals surface area contributed by atoms with E-state index in [0.29, 0.717) is 6.04 Å². The molecule has 1 atom stereocenters. The predicted molar refractivity (Wildman–Crippen MR) is 66.5 cm³/mol. The van der Waals surface area contributed by atoms with Crippen LogP contribution >= 0.6 is 0 Å². The van der Waals surface area contributed by atoms with E-state index in [0.717, 1.165) is 12.8 Å². The highest BCUT2D eigenvalue weighted by molar-refractivity contribution is 5.56. The van der Waals surface area contributed by atoms with Gasteiger partial charge in [0, 0.05) is 11.7 Å². The lowest BCUT2D eigenvalue weighted by molar-refractivity contribution is 0.746. The second-order valence-corrected chi connectivity index (χ2v) is 4.32. The van der Waals surface area contributed by atoms with Gasteiger partial charge in [-0.05, 0) is 36.1 Å². The summed E-state index contributed by atoms with van der Waals surface area (Å²) in [7, 11) is 0. The molecule has 3 rings (SSSR count). The second-order valence-electron chi connectivity index (χ2n) is 4.32. The summed E-state index contributed by atoms with van der Waals surface area (Å²) < 4.78 is 0. The van der Waals surface area contributed by atoms with Gasteiger partial charge < -0.3 is 5.32 Å². The zero-order valence-electron chi connectivity index (χ0n) is 9.11. The van der Waals surface area contributed by atoms with Gasteiger partial charge >= 0.3 is 0 Å². The number of nitrogens with one attached hydrogen (secondary N) is 1. The predicted octanol–water partition coefficient (Wildman–Crippen LogP) is 3.07. The maximum absolute atomic E-state index is 3.55. The van der Waals surface area contributed by atoms with Crippen molar-refractivity contribution in [2.75, 3.05) is 5.32 Å². The molecular formula is C15H14N. The molecule has 0 spiro atoms. The SMILES string of the molecule is [c]1ccc2c(c1)NC(Cc1ccccc1)C2. The van der Waals surface area contributed by atoms with Gasteiger partial charge in [0.15, 0.2) is 0 Å². The average Bonchev–Trinajstić information content (AvgIpc) is 2.72. The standard InChI is InChI=1S/C15H14N/c1-2-6-12(7-3-1)10-14-11-13-8-4-5-9-15(13)16-14/h1-4,6-9,14,16H,10-11H2. The lowest BCUT2D eigenvalue weighted by Crippen LogP contribution is -2.18. The molecule has 1 heterocycles. The summed E-state index contributed by atoms with van der Waals surface area (Å²) >= 11 is 0. The van der Waals surface area contributed by atoms with Crippen molar-refractivity contribution >= 4 is 5.69 Å². The van der Waals surface area contributed by atoms with Crippen molar-refractivity contribution in [1.29, 1.82) is 0 Å². The van der Waals surface area contributed by atoms with Gasteiger partial charge in [0.05, 0.1) is 0 Å². The fourth-order valence-corrected chi connectivity index (χ4v) is 2.33. The van der Waals surface area contributed by atoms with E-state index >= 15 is 0 Å². The first-order valence-electron chi connectivity index (χ1n) is 5.71. The molecule has 0 aromatic heterocycles. The van der Waals surface area contributed by atoms with Gasteiger partial charge in [-0.15, -0.1) is 0 Å². The van der Waals surface area contributed by atoms with Crippen molar-refractivity contribution in [2.24, 2.45) is 0 Å². The number of rotatable bonds is 2. The van der Waals surface area contributed by atoms with Gasteiger partial charge in [-0.25, -0.2) is 0 Å². The van der Waals surface area contributed by atoms with Crippen molar-refractivity contribution < 1.29 is 0 Å². The summed E-state index contributed by atoms with van der Waals surface area (Å²) in [5, 5.41) is 3.55. The Hall–Kier alpha value is -1.76. The lowest BCUT2D eigenvalue weighted by atomic mass is 10.0. The van der Waals surface area contributed by atoms with E-state index in [9.17, 15) is 0 Å². The molecule has 1 radical (unpaired) electrons. The molecule has 2 aromatic rings. The first-order valence-corrected chi connectivity index (χ1v) is 5.71. The van der Waals surface area contributed by atoms with Crippen LogP contribution in [0.15, 0.2) is 48.5 Å². The molecule has 0 saturated heterocycles. The minimum Gasteiger partial charge on any atom is -0.381 e. The molecule has 0 bridgehead atoms. The maximum Gasteiger partial charge on any atom is 0.0382 e. The molecule has 1 unspecified atom stereocenters. The first-order chi connectivity index (χ1) is 7.92. The maximum atomic E-state index is 3.55. The first kappa shape index (κ1) is 9.46. The Kier molecular flexibility index (Phi) is 2.37. The van der Waals surface area contributed by atoms with E-state index < -0.39 is 0 Å². The smallest absolute Gasteiger partial charge is 0.0382 e. The van der Waals surface area contributed by atoms with Crippen molar-refractivity contribution in [3.63, 3.8) is 0 Å². The van der Waals surface area contributed by atoms with Crippen LogP contribution in [0.2, 0.25) is 0 Å². The zero-order valence-corrected chi connectivity index (χ0v) is 9.11. The van der Waals surface area contributed by atoms with E-state index in [1.165, 1.54) is 16.8 Å². The Morgan fingerprint density at radius 2 is 2.06 bits per heavy atom. The van der Waals surface area contributed by atoms with Crippen LogP contribution in [0, 0.1) is 6.07 Å². The molecule has 0 aliphatic carbocycles. The Morgan fingerprint density at radius 3 is 2.88 bits per heavy atom. The highest BCUT2D eigenvalue weighted by atomic mass is 14.9. The minimum absolute atomic E-state index is 0.535. The van der Waals surface area contributed by atoms with Crippen LogP contribution in [0.5, 0.6) is 0 Å². The van der Waals surface area contributed by atoms with E-state index in [1.54, 1.807) is 0 Å². The molecule has 1 heteroatoms. The third-order valence-corrected chi connectivity index (χ3v) is 3.11. The molecule has 2 aromatic carbocycles. The van der Waals surface area contributed by atoms with E-state index in [4.69, 9.17) is 0 Å². The molecule has 0 amide bonds. The topological polar surface area (TPSA) is 12.0 Å². The largest absolute Gasteiger partial charge is 0.381 e. The monoisotopic (exact) mass is 208 g/mol. The zero-order chi connectivity index (χ0) is 10.8. The highest BCUT2D eigenvalue weighted by Gasteiger charge is 2.19. The van der Waals surface area contributed by atoms with Crippen molar-refractivity contribution in [2.45, 2.75) is 18.9 Å². The molecule has 0 fully saturated rings. The van der Waals surface area contributed by atoms with Gasteiger partial charge in [0.2, 0.25) is 0 Å². The third-order valence-electron chi connectivity index (χ3n) is 3.11. The number of fused-ring (bicyclic) bond motifs is 1. The molecule has 1 N–H and O–H groups in total. The Labute approximate surface area is 96.1 Å². The number of hydrogen-bond donors (Lipinski definition) is 1. The van der Waals surface area contributed by atoms with Gasteiger partial charge in [-0.1, -0.05) is 42.5 Å². The quantitative estimate of drug-likeness (QED) is 0.799. The summed E-state index contributed by atoms with van der Waals surface area (Å²) in [6, 6.07) is 20.5. The van der Waals surface area contributed by atoms with Crippen LogP contribution in [-0.2, 0) is 12.8 Å². The summed E-state index contributed by atoms with van der Waals surface area (Å²) in [6.07, 6.45) is 2.22.